The number of nitrogens with one attached hydrogen (secondary N) is 1. The summed E-state index contributed by atoms with van der Waals surface area (Å²) in [5.41, 5.74) is 2.03. The number of ether oxygens (including phenoxy) is 1. The third-order valence-electron chi connectivity index (χ3n) is 5.61. The van der Waals surface area contributed by atoms with Gasteiger partial charge in [-0.25, -0.2) is 4.98 Å². The van der Waals surface area contributed by atoms with Gasteiger partial charge in [-0.2, -0.15) is 5.10 Å². The fraction of sp³-hybridized carbons (Fsp3) is 0.526. The number of aromatic nitrogens is 3. The van der Waals surface area contributed by atoms with Gasteiger partial charge in [-0.05, 0) is 37.3 Å². The molecule has 1 aliphatic carbocycles. The summed E-state index contributed by atoms with van der Waals surface area (Å²) < 4.78 is 5.89. The molecule has 1 saturated carbocycles. The summed E-state index contributed by atoms with van der Waals surface area (Å²) in [6, 6.07) is 8.23. The van der Waals surface area contributed by atoms with Gasteiger partial charge in [-0.1, -0.05) is 24.3 Å². The number of hydrogen-bond acceptors (Lipinski definition) is 4. The molecule has 0 spiro atoms. The summed E-state index contributed by atoms with van der Waals surface area (Å²) in [6.45, 7) is 3.36. The van der Waals surface area contributed by atoms with Crippen molar-refractivity contribution in [3.05, 3.63) is 47.5 Å². The molecule has 132 valence electrons. The van der Waals surface area contributed by atoms with Gasteiger partial charge < -0.3 is 9.64 Å². The molecule has 1 amide bonds. The van der Waals surface area contributed by atoms with E-state index in [2.05, 4.69) is 34.2 Å². The van der Waals surface area contributed by atoms with E-state index in [0.717, 1.165) is 25.1 Å². The van der Waals surface area contributed by atoms with Crippen LogP contribution in [0, 0.1) is 6.92 Å². The van der Waals surface area contributed by atoms with Crippen LogP contribution in [0.4, 0.5) is 0 Å². The van der Waals surface area contributed by atoms with Crippen molar-refractivity contribution in [1.29, 1.82) is 0 Å². The second-order valence-corrected chi connectivity index (χ2v) is 7.26. The van der Waals surface area contributed by atoms with Crippen molar-refractivity contribution in [3.63, 3.8) is 0 Å². The van der Waals surface area contributed by atoms with Crippen LogP contribution in [0.5, 0.6) is 0 Å². The molecule has 6 heteroatoms. The smallest absolute Gasteiger partial charge is 0.233 e. The van der Waals surface area contributed by atoms with Crippen LogP contribution in [0.2, 0.25) is 0 Å². The summed E-state index contributed by atoms with van der Waals surface area (Å²) >= 11 is 0. The van der Waals surface area contributed by atoms with Gasteiger partial charge >= 0.3 is 0 Å². The molecule has 0 radical (unpaired) electrons. The average molecular weight is 340 g/mol. The van der Waals surface area contributed by atoms with Crippen molar-refractivity contribution >= 4 is 5.91 Å². The van der Waals surface area contributed by atoms with E-state index in [9.17, 15) is 4.79 Å². The highest BCUT2D eigenvalue weighted by atomic mass is 16.5. The molecule has 1 aromatic carbocycles. The first-order chi connectivity index (χ1) is 12.1. The van der Waals surface area contributed by atoms with Crippen LogP contribution in [-0.2, 0) is 14.9 Å². The zero-order chi connectivity index (χ0) is 17.4. The normalized spacial score (nSPS) is 24.2. The molecule has 25 heavy (non-hydrogen) atoms. The molecule has 1 saturated heterocycles. The van der Waals surface area contributed by atoms with E-state index in [0.29, 0.717) is 13.2 Å². The van der Waals surface area contributed by atoms with Crippen molar-refractivity contribution in [2.75, 3.05) is 20.2 Å². The van der Waals surface area contributed by atoms with Crippen LogP contribution < -0.4 is 0 Å². The summed E-state index contributed by atoms with van der Waals surface area (Å²) in [6.07, 6.45) is 4.26. The summed E-state index contributed by atoms with van der Waals surface area (Å²) in [5, 5.41) is 6.88. The zero-order valence-corrected chi connectivity index (χ0v) is 14.7. The Kier molecular flexibility index (Phi) is 4.07. The van der Waals surface area contributed by atoms with Crippen molar-refractivity contribution in [2.24, 2.45) is 0 Å². The number of aryl methyl sites for hydroxylation is 1. The molecule has 1 aromatic heterocycles. The number of amides is 1. The molecule has 2 aliphatic rings. The van der Waals surface area contributed by atoms with E-state index in [1.54, 1.807) is 0 Å². The van der Waals surface area contributed by atoms with E-state index in [1.165, 1.54) is 17.5 Å². The summed E-state index contributed by atoms with van der Waals surface area (Å²) in [5.74, 6) is 1.23. The number of rotatable bonds is 5. The van der Waals surface area contributed by atoms with Crippen molar-refractivity contribution in [1.82, 2.24) is 20.1 Å². The van der Waals surface area contributed by atoms with Gasteiger partial charge in [0, 0.05) is 26.1 Å². The topological polar surface area (TPSA) is 71.1 Å². The molecule has 4 rings (SSSR count). The second kappa shape index (κ2) is 6.26. The predicted molar refractivity (Wildman–Crippen MR) is 93.2 cm³/mol. The molecule has 2 aromatic rings. The summed E-state index contributed by atoms with van der Waals surface area (Å²) in [7, 11) is 1.89. The Morgan fingerprint density at radius 2 is 2.20 bits per heavy atom. The molecule has 6 nitrogen and oxygen atoms in total. The third-order valence-corrected chi connectivity index (χ3v) is 5.61. The molecular weight excluding hydrogens is 316 g/mol. The third kappa shape index (κ3) is 2.84. The zero-order valence-electron chi connectivity index (χ0n) is 14.7. The minimum Gasteiger partial charge on any atom is -0.376 e. The van der Waals surface area contributed by atoms with Crippen LogP contribution in [-0.4, -0.2) is 52.3 Å². The molecule has 2 atom stereocenters. The number of carbonyl (C=O) groups is 1. The van der Waals surface area contributed by atoms with Crippen LogP contribution >= 0.6 is 0 Å². The van der Waals surface area contributed by atoms with E-state index in [4.69, 9.17) is 4.74 Å². The lowest BCUT2D eigenvalue weighted by Crippen LogP contribution is -2.42. The van der Waals surface area contributed by atoms with Crippen LogP contribution in [0.3, 0.4) is 0 Å². The van der Waals surface area contributed by atoms with Gasteiger partial charge in [-0.15, -0.1) is 0 Å². The lowest BCUT2D eigenvalue weighted by molar-refractivity contribution is -0.134. The quantitative estimate of drug-likeness (QED) is 0.905. The number of benzene rings is 1. The number of H-pyrrole nitrogens is 1. The molecule has 1 aliphatic heterocycles. The van der Waals surface area contributed by atoms with Crippen LogP contribution in [0.15, 0.2) is 30.6 Å². The van der Waals surface area contributed by atoms with Crippen molar-refractivity contribution in [3.8, 4) is 0 Å². The number of nitrogens with zero attached hydrogens (tertiary/aromatic N) is 3. The molecule has 0 bridgehead atoms. The number of carbonyl (C=O) groups excluding carboxylic acids is 1. The van der Waals surface area contributed by atoms with E-state index >= 15 is 0 Å². The molecule has 2 heterocycles. The number of aromatic amines is 1. The number of likely N-dealkylation sites (N-methyl/N-ethyl adjacent to an activating group) is 1. The monoisotopic (exact) mass is 340 g/mol. The lowest BCUT2D eigenvalue weighted by Gasteiger charge is -2.28. The maximum Gasteiger partial charge on any atom is 0.233 e. The Labute approximate surface area is 147 Å². The molecule has 2 fully saturated rings. The fourth-order valence-corrected chi connectivity index (χ4v) is 4.09. The minimum atomic E-state index is -0.333. The lowest BCUT2D eigenvalue weighted by atomic mass is 9.90. The van der Waals surface area contributed by atoms with Gasteiger partial charge in [-0.3, -0.25) is 9.89 Å². The van der Waals surface area contributed by atoms with Crippen LogP contribution in [0.25, 0.3) is 0 Å². The maximum atomic E-state index is 13.2. The van der Waals surface area contributed by atoms with Crippen molar-refractivity contribution in [2.45, 2.75) is 43.6 Å². The Morgan fingerprint density at radius 3 is 2.88 bits per heavy atom. The van der Waals surface area contributed by atoms with Crippen molar-refractivity contribution < 1.29 is 9.53 Å². The van der Waals surface area contributed by atoms with E-state index in [-0.39, 0.29) is 23.3 Å². The first-order valence-electron chi connectivity index (χ1n) is 8.90. The molecular formula is C19H24N4O2. The second-order valence-electron chi connectivity index (χ2n) is 7.26. The van der Waals surface area contributed by atoms with Gasteiger partial charge in [0.05, 0.1) is 11.5 Å². The first kappa shape index (κ1) is 16.3. The highest BCUT2D eigenvalue weighted by Gasteiger charge is 2.53. The van der Waals surface area contributed by atoms with E-state index in [1.807, 2.05) is 24.1 Å². The average Bonchev–Trinajstić information content (AvgIpc) is 3.02. The Morgan fingerprint density at radius 1 is 1.40 bits per heavy atom. The Bertz CT molecular complexity index is 755. The summed E-state index contributed by atoms with van der Waals surface area (Å²) in [4.78, 5) is 19.3. The van der Waals surface area contributed by atoms with Gasteiger partial charge in [0.1, 0.15) is 12.2 Å². The number of hydrogen-bond donors (Lipinski definition) is 1. The Balaban J connectivity index is 1.49. The minimum absolute atomic E-state index is 0.0328. The largest absolute Gasteiger partial charge is 0.376 e. The van der Waals surface area contributed by atoms with Gasteiger partial charge in [0.2, 0.25) is 5.91 Å². The van der Waals surface area contributed by atoms with E-state index < -0.39 is 0 Å². The molecule has 0 unspecified atom stereocenters. The van der Waals surface area contributed by atoms with Gasteiger partial charge in [0.25, 0.3) is 0 Å². The fourth-order valence-electron chi connectivity index (χ4n) is 4.09. The molecule has 1 N–H and O–H groups in total. The maximum absolute atomic E-state index is 13.2. The van der Waals surface area contributed by atoms with Crippen LogP contribution in [0.1, 0.15) is 42.1 Å². The Hall–Kier alpha value is -2.21. The highest BCUT2D eigenvalue weighted by molar-refractivity contribution is 5.91. The highest BCUT2D eigenvalue weighted by Crippen LogP contribution is 2.50. The SMILES string of the molecule is Cc1ccccc1C1(C(=O)N(C)C[C@H]2OCC[C@H]2c2ncn[nH]2)CC1. The first-order valence-corrected chi connectivity index (χ1v) is 8.90. The standard InChI is InChI=1S/C19H24N4O2/c1-13-5-3-4-6-15(13)19(8-9-19)18(24)23(2)11-16-14(7-10-25-16)17-20-12-21-22-17/h3-6,12,14,16H,7-11H2,1-2H3,(H,20,21,22)/t14-,16-/m1/s1. The predicted octanol–water partition coefficient (Wildman–Crippen LogP) is 2.18. The van der Waals surface area contributed by atoms with Gasteiger partial charge in [0.15, 0.2) is 0 Å².